The normalized spacial score (nSPS) is 18.8. The van der Waals surface area contributed by atoms with Gasteiger partial charge in [0.15, 0.2) is 0 Å². The van der Waals surface area contributed by atoms with Crippen molar-refractivity contribution in [3.63, 3.8) is 0 Å². The number of piperazine rings is 1. The Morgan fingerprint density at radius 2 is 2.08 bits per heavy atom. The summed E-state index contributed by atoms with van der Waals surface area (Å²) < 4.78 is 2.12. The quantitative estimate of drug-likeness (QED) is 0.872. The molecule has 3 rings (SSSR count). The molecule has 8 heteroatoms. The first-order chi connectivity index (χ1) is 10.4. The molecule has 1 aliphatic heterocycles. The average molecular weight is 392 g/mol. The topological polar surface area (TPSA) is 46.0 Å². The van der Waals surface area contributed by atoms with Crippen LogP contribution in [0.25, 0.3) is 0 Å². The van der Waals surface area contributed by atoms with E-state index in [0.717, 1.165) is 32.0 Å². The maximum atomic E-state index is 4.84. The molecule has 136 valence electrons. The largest absolute Gasteiger partial charge is 0.337 e. The Bertz CT molecular complexity index is 634. The summed E-state index contributed by atoms with van der Waals surface area (Å²) in [5.74, 6) is 1.12. The highest BCUT2D eigenvalue weighted by Gasteiger charge is 2.28. The van der Waals surface area contributed by atoms with Crippen LogP contribution in [0, 0.1) is 0 Å². The smallest absolute Gasteiger partial charge is 0.127 e. The number of rotatable bonds is 3. The molecule has 5 nitrogen and oxygen atoms in total. The highest BCUT2D eigenvalue weighted by molar-refractivity contribution is 7.09. The van der Waals surface area contributed by atoms with Crippen LogP contribution in [0.4, 0.5) is 0 Å². The molecule has 0 bridgehead atoms. The lowest BCUT2D eigenvalue weighted by Gasteiger charge is -2.35. The Hall–Kier alpha value is -0.660. The zero-order chi connectivity index (χ0) is 15.7. The van der Waals surface area contributed by atoms with E-state index in [2.05, 4.69) is 53.0 Å². The average Bonchev–Trinajstić information content (AvgIpc) is 3.08. The second-order valence-corrected chi connectivity index (χ2v) is 7.91. The highest BCUT2D eigenvalue weighted by atomic mass is 35.5. The molecule has 2 aromatic rings. The van der Waals surface area contributed by atoms with Crippen molar-refractivity contribution in [2.24, 2.45) is 7.05 Å². The van der Waals surface area contributed by atoms with Crippen LogP contribution in [-0.4, -0.2) is 39.1 Å². The van der Waals surface area contributed by atoms with E-state index in [4.69, 9.17) is 4.98 Å². The Morgan fingerprint density at radius 3 is 2.67 bits per heavy atom. The molecule has 24 heavy (non-hydrogen) atoms. The summed E-state index contributed by atoms with van der Waals surface area (Å²) in [5, 5.41) is 6.89. The third kappa shape index (κ3) is 4.70. The maximum Gasteiger partial charge on any atom is 0.127 e. The zero-order valence-electron chi connectivity index (χ0n) is 14.7. The first-order valence-corrected chi connectivity index (χ1v) is 8.70. The summed E-state index contributed by atoms with van der Waals surface area (Å²) in [6.45, 7) is 10.6. The first-order valence-electron chi connectivity index (χ1n) is 7.82. The van der Waals surface area contributed by atoms with Gasteiger partial charge in [0.1, 0.15) is 10.8 Å². The summed E-state index contributed by atoms with van der Waals surface area (Å²) in [6, 6.07) is 0.315. The number of hydrogen-bond acceptors (Lipinski definition) is 5. The molecular formula is C16H27Cl2N5S. The van der Waals surface area contributed by atoms with E-state index in [1.165, 1.54) is 10.7 Å². The molecular weight excluding hydrogens is 365 g/mol. The molecule has 1 N–H and O–H groups in total. The van der Waals surface area contributed by atoms with Gasteiger partial charge in [-0.05, 0) is 0 Å². The molecule has 0 aromatic carbocycles. The Morgan fingerprint density at radius 1 is 1.33 bits per heavy atom. The molecule has 2 aromatic heterocycles. The maximum absolute atomic E-state index is 4.84. The van der Waals surface area contributed by atoms with Crippen LogP contribution in [-0.2, 0) is 19.0 Å². The molecule has 1 fully saturated rings. The van der Waals surface area contributed by atoms with Crippen molar-refractivity contribution in [1.29, 1.82) is 0 Å². The summed E-state index contributed by atoms with van der Waals surface area (Å²) in [4.78, 5) is 11.9. The van der Waals surface area contributed by atoms with Gasteiger partial charge >= 0.3 is 0 Å². The van der Waals surface area contributed by atoms with Crippen molar-refractivity contribution in [1.82, 2.24) is 24.8 Å². The van der Waals surface area contributed by atoms with Crippen molar-refractivity contribution >= 4 is 36.2 Å². The Balaban J connectivity index is 0.00000144. The minimum absolute atomic E-state index is 0. The predicted molar refractivity (Wildman–Crippen MR) is 105 cm³/mol. The van der Waals surface area contributed by atoms with E-state index in [1.807, 2.05) is 12.4 Å². The van der Waals surface area contributed by atoms with E-state index in [0.29, 0.717) is 6.04 Å². The lowest BCUT2D eigenvalue weighted by Crippen LogP contribution is -2.46. The van der Waals surface area contributed by atoms with Gasteiger partial charge in [-0.3, -0.25) is 4.90 Å². The van der Waals surface area contributed by atoms with E-state index >= 15 is 0 Å². The van der Waals surface area contributed by atoms with Crippen LogP contribution < -0.4 is 5.32 Å². The Labute approximate surface area is 160 Å². The van der Waals surface area contributed by atoms with Crippen molar-refractivity contribution in [2.45, 2.75) is 38.8 Å². The zero-order valence-corrected chi connectivity index (χ0v) is 17.1. The second-order valence-electron chi connectivity index (χ2n) is 6.96. The van der Waals surface area contributed by atoms with Gasteiger partial charge in [-0.1, -0.05) is 20.8 Å². The summed E-state index contributed by atoms with van der Waals surface area (Å²) in [7, 11) is 2.07. The number of aromatic nitrogens is 3. The summed E-state index contributed by atoms with van der Waals surface area (Å²) in [6.07, 6.45) is 3.90. The molecule has 0 spiro atoms. The molecule has 3 heterocycles. The number of hydrogen-bond donors (Lipinski definition) is 1. The fourth-order valence-electron chi connectivity index (χ4n) is 2.79. The molecule has 0 aliphatic carbocycles. The molecule has 1 unspecified atom stereocenters. The second kappa shape index (κ2) is 8.63. The predicted octanol–water partition coefficient (Wildman–Crippen LogP) is 3.16. The molecule has 0 radical (unpaired) electrons. The first kappa shape index (κ1) is 21.4. The lowest BCUT2D eigenvalue weighted by atomic mass is 9.93. The van der Waals surface area contributed by atoms with Crippen molar-refractivity contribution in [3.05, 3.63) is 34.3 Å². The van der Waals surface area contributed by atoms with Gasteiger partial charge in [0.25, 0.3) is 0 Å². The van der Waals surface area contributed by atoms with Crippen LogP contribution in [0.5, 0.6) is 0 Å². The number of thiazole rings is 1. The molecule has 0 saturated carbocycles. The van der Waals surface area contributed by atoms with Crippen LogP contribution >= 0.6 is 36.2 Å². The van der Waals surface area contributed by atoms with Crippen molar-refractivity contribution < 1.29 is 0 Å². The van der Waals surface area contributed by atoms with E-state index in [1.54, 1.807) is 11.3 Å². The van der Waals surface area contributed by atoms with Crippen LogP contribution in [0.15, 0.2) is 17.8 Å². The van der Waals surface area contributed by atoms with Crippen molar-refractivity contribution in [2.75, 3.05) is 19.6 Å². The van der Waals surface area contributed by atoms with Gasteiger partial charge < -0.3 is 9.88 Å². The Kier molecular flexibility index (Phi) is 7.69. The standard InChI is InChI=1S/C16H25N5S.2ClH/c1-16(2,3)13-11-22-14(19-13)10-21-8-5-17-9-12(21)15-18-6-7-20(15)4;;/h6-7,11-12,17H,5,8-10H2,1-4H3;2*1H. The van der Waals surface area contributed by atoms with Gasteiger partial charge in [-0.2, -0.15) is 0 Å². The number of imidazole rings is 1. The van der Waals surface area contributed by atoms with Crippen LogP contribution in [0.1, 0.15) is 43.3 Å². The van der Waals surface area contributed by atoms with Gasteiger partial charge in [0.2, 0.25) is 0 Å². The van der Waals surface area contributed by atoms with E-state index in [9.17, 15) is 0 Å². The fourth-order valence-corrected chi connectivity index (χ4v) is 3.84. The van der Waals surface area contributed by atoms with Gasteiger partial charge in [0, 0.05) is 49.9 Å². The minimum atomic E-state index is 0. The number of nitrogens with one attached hydrogen (secondary N) is 1. The van der Waals surface area contributed by atoms with Gasteiger partial charge in [-0.25, -0.2) is 9.97 Å². The third-order valence-electron chi connectivity index (χ3n) is 4.17. The van der Waals surface area contributed by atoms with Crippen molar-refractivity contribution in [3.8, 4) is 0 Å². The van der Waals surface area contributed by atoms with Gasteiger partial charge in [-0.15, -0.1) is 36.2 Å². The monoisotopic (exact) mass is 391 g/mol. The summed E-state index contributed by atoms with van der Waals surface area (Å²) >= 11 is 1.77. The van der Waals surface area contributed by atoms with E-state index < -0.39 is 0 Å². The molecule has 0 amide bonds. The van der Waals surface area contributed by atoms with E-state index in [-0.39, 0.29) is 30.2 Å². The fraction of sp³-hybridized carbons (Fsp3) is 0.625. The molecule has 1 saturated heterocycles. The summed E-state index contributed by atoms with van der Waals surface area (Å²) in [5.41, 5.74) is 1.31. The SMILES string of the molecule is Cl.Cl.Cn1ccnc1C1CNCCN1Cc1nc(C(C)(C)C)cs1. The van der Waals surface area contributed by atoms with Crippen LogP contribution in [0.3, 0.4) is 0 Å². The lowest BCUT2D eigenvalue weighted by molar-refractivity contribution is 0.144. The highest BCUT2D eigenvalue weighted by Crippen LogP contribution is 2.27. The molecule has 1 aliphatic rings. The third-order valence-corrected chi connectivity index (χ3v) is 5.00. The number of halogens is 2. The molecule has 1 atom stereocenters. The van der Waals surface area contributed by atoms with Gasteiger partial charge in [0.05, 0.1) is 18.3 Å². The minimum Gasteiger partial charge on any atom is -0.337 e. The number of aryl methyl sites for hydroxylation is 1. The van der Waals surface area contributed by atoms with Crippen LogP contribution in [0.2, 0.25) is 0 Å². The number of nitrogens with zero attached hydrogens (tertiary/aromatic N) is 4.